The van der Waals surface area contributed by atoms with Crippen LogP contribution in [0.5, 0.6) is 0 Å². The number of ether oxygens (including phenoxy) is 3. The zero-order valence-corrected chi connectivity index (χ0v) is 51.5. The van der Waals surface area contributed by atoms with E-state index in [1.165, 1.54) is 12.8 Å². The Morgan fingerprint density at radius 2 is 0.444 bits per heavy atom. The van der Waals surface area contributed by atoms with Crippen LogP contribution < -0.4 is 0 Å². The van der Waals surface area contributed by atoms with E-state index in [9.17, 15) is 14.4 Å². The lowest BCUT2D eigenvalue weighted by molar-refractivity contribution is -0.167. The molecule has 0 rings (SSSR count). The number of unbranched alkanes of at least 4 members (excludes halogenated alkanes) is 12. The van der Waals surface area contributed by atoms with Gasteiger partial charge in [-0.2, -0.15) is 0 Å². The molecule has 0 aromatic heterocycles. The van der Waals surface area contributed by atoms with Gasteiger partial charge in [0.05, 0.1) is 0 Å². The maximum atomic E-state index is 12.9. The minimum Gasteiger partial charge on any atom is -0.462 e. The molecule has 0 heterocycles. The standard InChI is InChI=1S/C75H114O6/c1-4-7-10-13-16-19-22-25-28-31-33-34-35-36-37-38-39-40-42-44-47-50-53-56-59-62-65-68-74(77)80-71-72(70-79-73(76)67-64-61-58-55-52-49-46-43-30-27-24-21-18-15-12-9-6-3)81-75(78)69-66-63-60-57-54-51-48-45-41-32-29-26-23-20-17-14-11-8-5-2/h7-12,16-21,25-30,33-34,36-37,39-41,44-47,49,53,56,72H,4-6,13-15,22-24,31-32,35,38,42-43,48,50-52,54-55,57-71H2,1-3H3/b10-7-,11-8-,12-9-,19-16-,20-17-,21-18-,28-25-,29-26-,30-27-,34-33-,37-36-,40-39-,45-41-,47-44-,49-46-,56-53-. The fraction of sp³-hybridized carbons (Fsp3) is 0.533. The predicted molar refractivity (Wildman–Crippen MR) is 352 cm³/mol. The van der Waals surface area contributed by atoms with E-state index in [1.807, 2.05) is 0 Å². The molecule has 0 fully saturated rings. The average Bonchev–Trinajstić information content (AvgIpc) is 3.47. The van der Waals surface area contributed by atoms with Crippen molar-refractivity contribution in [3.63, 3.8) is 0 Å². The van der Waals surface area contributed by atoms with E-state index in [2.05, 4.69) is 215 Å². The first-order valence-corrected chi connectivity index (χ1v) is 31.9. The van der Waals surface area contributed by atoms with E-state index in [0.29, 0.717) is 12.8 Å². The van der Waals surface area contributed by atoms with Crippen molar-refractivity contribution in [1.29, 1.82) is 0 Å². The lowest BCUT2D eigenvalue weighted by Gasteiger charge is -2.18. The molecule has 0 spiro atoms. The van der Waals surface area contributed by atoms with E-state index in [0.717, 1.165) is 180 Å². The molecule has 0 amide bonds. The van der Waals surface area contributed by atoms with Crippen molar-refractivity contribution in [3.8, 4) is 0 Å². The Labute approximate surface area is 497 Å². The first-order chi connectivity index (χ1) is 40.0. The third-order valence-electron chi connectivity index (χ3n) is 12.6. The number of allylic oxidation sites excluding steroid dienone is 32. The number of hydrogen-bond acceptors (Lipinski definition) is 6. The normalized spacial score (nSPS) is 13.5. The lowest BCUT2D eigenvalue weighted by Crippen LogP contribution is -2.30. The summed E-state index contributed by atoms with van der Waals surface area (Å²) in [7, 11) is 0. The highest BCUT2D eigenvalue weighted by molar-refractivity contribution is 5.71. The Balaban J connectivity index is 4.56. The molecule has 0 bridgehead atoms. The van der Waals surface area contributed by atoms with Gasteiger partial charge in [-0.25, -0.2) is 0 Å². The number of rotatable bonds is 55. The van der Waals surface area contributed by atoms with Gasteiger partial charge in [0.1, 0.15) is 13.2 Å². The number of esters is 3. The lowest BCUT2D eigenvalue weighted by atomic mass is 10.1. The van der Waals surface area contributed by atoms with Gasteiger partial charge in [0.15, 0.2) is 6.10 Å². The van der Waals surface area contributed by atoms with Crippen LogP contribution in [0.4, 0.5) is 0 Å². The topological polar surface area (TPSA) is 78.9 Å². The predicted octanol–water partition coefficient (Wildman–Crippen LogP) is 22.2. The molecule has 0 aromatic carbocycles. The van der Waals surface area contributed by atoms with Gasteiger partial charge < -0.3 is 14.2 Å². The maximum Gasteiger partial charge on any atom is 0.306 e. The molecule has 0 aliphatic rings. The molecular weight excluding hydrogens is 997 g/mol. The van der Waals surface area contributed by atoms with Gasteiger partial charge in [-0.3, -0.25) is 14.4 Å². The first-order valence-electron chi connectivity index (χ1n) is 31.9. The first kappa shape index (κ1) is 75.2. The summed E-state index contributed by atoms with van der Waals surface area (Å²) in [6.45, 7) is 6.22. The molecule has 0 saturated carbocycles. The van der Waals surface area contributed by atoms with Crippen molar-refractivity contribution in [2.24, 2.45) is 0 Å². The summed E-state index contributed by atoms with van der Waals surface area (Å²) in [4.78, 5) is 38.3. The zero-order chi connectivity index (χ0) is 58.5. The number of hydrogen-bond donors (Lipinski definition) is 0. The average molecular weight is 1110 g/mol. The van der Waals surface area contributed by atoms with Crippen molar-refractivity contribution in [2.45, 2.75) is 245 Å². The van der Waals surface area contributed by atoms with E-state index in [-0.39, 0.29) is 44.0 Å². The Hall–Kier alpha value is -5.75. The minimum atomic E-state index is -0.829. The molecule has 81 heavy (non-hydrogen) atoms. The third-order valence-corrected chi connectivity index (χ3v) is 12.6. The second kappa shape index (κ2) is 66.8. The SMILES string of the molecule is CC/C=C\C/C=C\C/C=C\C/C=C\C/C=C\C/C=C\C/C=C\C/C=C\CCCCC(=O)OCC(COC(=O)CCCCCC/C=C\C/C=C\C/C=C\C/C=C\CC)OC(=O)CCCCCCCC/C=C\C/C=C\C/C=C\C/C=C\CC. The van der Waals surface area contributed by atoms with Crippen LogP contribution in [0.25, 0.3) is 0 Å². The Morgan fingerprint density at radius 1 is 0.247 bits per heavy atom. The van der Waals surface area contributed by atoms with E-state index >= 15 is 0 Å². The van der Waals surface area contributed by atoms with Gasteiger partial charge in [-0.1, -0.05) is 254 Å². The second-order valence-electron chi connectivity index (χ2n) is 20.2. The largest absolute Gasteiger partial charge is 0.462 e. The Bertz CT molecular complexity index is 1950. The molecule has 450 valence electrons. The quantitative estimate of drug-likeness (QED) is 0.0261. The molecular formula is C75H114O6. The number of carbonyl (C=O) groups excluding carboxylic acids is 3. The van der Waals surface area contributed by atoms with E-state index in [1.54, 1.807) is 0 Å². The smallest absolute Gasteiger partial charge is 0.306 e. The van der Waals surface area contributed by atoms with Gasteiger partial charge in [0.25, 0.3) is 0 Å². The molecule has 1 unspecified atom stereocenters. The summed E-state index contributed by atoms with van der Waals surface area (Å²) < 4.78 is 16.9. The fourth-order valence-electron chi connectivity index (χ4n) is 7.91. The summed E-state index contributed by atoms with van der Waals surface area (Å²) >= 11 is 0. The number of carbonyl (C=O) groups is 3. The summed E-state index contributed by atoms with van der Waals surface area (Å²) in [5.41, 5.74) is 0. The Kier molecular flexibility index (Phi) is 62.0. The summed E-state index contributed by atoms with van der Waals surface area (Å²) in [6, 6.07) is 0. The molecule has 1 atom stereocenters. The van der Waals surface area contributed by atoms with Crippen LogP contribution in [0.2, 0.25) is 0 Å². The van der Waals surface area contributed by atoms with Crippen molar-refractivity contribution >= 4 is 17.9 Å². The van der Waals surface area contributed by atoms with Crippen LogP contribution in [0.3, 0.4) is 0 Å². The molecule has 6 nitrogen and oxygen atoms in total. The van der Waals surface area contributed by atoms with Gasteiger partial charge >= 0.3 is 17.9 Å². The molecule has 0 aliphatic carbocycles. The van der Waals surface area contributed by atoms with Gasteiger partial charge in [-0.15, -0.1) is 0 Å². The molecule has 6 heteroatoms. The highest BCUT2D eigenvalue weighted by Gasteiger charge is 2.19. The van der Waals surface area contributed by atoms with Gasteiger partial charge in [0, 0.05) is 19.3 Å². The van der Waals surface area contributed by atoms with Crippen LogP contribution >= 0.6 is 0 Å². The summed E-state index contributed by atoms with van der Waals surface area (Å²) in [5.74, 6) is -1.01. The Morgan fingerprint density at radius 3 is 0.716 bits per heavy atom. The maximum absolute atomic E-state index is 12.9. The third kappa shape index (κ3) is 64.9. The minimum absolute atomic E-state index is 0.121. The molecule has 0 aliphatic heterocycles. The van der Waals surface area contributed by atoms with Gasteiger partial charge in [-0.05, 0) is 161 Å². The zero-order valence-electron chi connectivity index (χ0n) is 51.5. The van der Waals surface area contributed by atoms with E-state index < -0.39 is 6.10 Å². The van der Waals surface area contributed by atoms with Crippen molar-refractivity contribution < 1.29 is 28.6 Å². The van der Waals surface area contributed by atoms with Crippen LogP contribution in [-0.2, 0) is 28.6 Å². The van der Waals surface area contributed by atoms with Gasteiger partial charge in [0.2, 0.25) is 0 Å². The van der Waals surface area contributed by atoms with Crippen LogP contribution in [0.15, 0.2) is 194 Å². The monoisotopic (exact) mass is 1110 g/mol. The summed E-state index contributed by atoms with van der Waals surface area (Å²) in [5, 5.41) is 0. The highest BCUT2D eigenvalue weighted by Crippen LogP contribution is 2.13. The van der Waals surface area contributed by atoms with Crippen LogP contribution in [-0.4, -0.2) is 37.2 Å². The van der Waals surface area contributed by atoms with E-state index in [4.69, 9.17) is 14.2 Å². The van der Waals surface area contributed by atoms with Crippen molar-refractivity contribution in [3.05, 3.63) is 194 Å². The molecule has 0 aromatic rings. The molecule has 0 N–H and O–H groups in total. The second-order valence-corrected chi connectivity index (χ2v) is 20.2. The van der Waals surface area contributed by atoms with Crippen molar-refractivity contribution in [1.82, 2.24) is 0 Å². The van der Waals surface area contributed by atoms with Crippen molar-refractivity contribution in [2.75, 3.05) is 13.2 Å². The van der Waals surface area contributed by atoms with Crippen LogP contribution in [0, 0.1) is 0 Å². The van der Waals surface area contributed by atoms with Crippen LogP contribution in [0.1, 0.15) is 239 Å². The molecule has 0 radical (unpaired) electrons. The molecule has 0 saturated heterocycles. The highest BCUT2D eigenvalue weighted by atomic mass is 16.6. The fourth-order valence-corrected chi connectivity index (χ4v) is 7.91. The summed E-state index contributed by atoms with van der Waals surface area (Å²) in [6.07, 6.45) is 101.